The van der Waals surface area contributed by atoms with Crippen LogP contribution in [0.1, 0.15) is 11.1 Å². The minimum atomic E-state index is -1.40. The Balaban J connectivity index is 1.62. The van der Waals surface area contributed by atoms with Crippen molar-refractivity contribution in [1.82, 2.24) is 4.57 Å². The molecule has 4 aromatic rings. The number of fused-ring (bicyclic) bond motifs is 1. The van der Waals surface area contributed by atoms with E-state index in [0.717, 1.165) is 0 Å². The molecule has 31 heavy (non-hydrogen) atoms. The number of benzene rings is 3. The zero-order chi connectivity index (χ0) is 22.0. The first-order chi connectivity index (χ1) is 14.9. The van der Waals surface area contributed by atoms with E-state index in [1.165, 1.54) is 24.3 Å². The summed E-state index contributed by atoms with van der Waals surface area (Å²) in [5, 5.41) is 9.52. The molecule has 0 aliphatic heterocycles. The lowest BCUT2D eigenvalue weighted by Gasteiger charge is -2.14. The molecule has 0 atom stereocenters. The molecule has 0 fully saturated rings. The Labute approximate surface area is 184 Å². The van der Waals surface area contributed by atoms with Gasteiger partial charge in [0.05, 0.1) is 12.1 Å². The van der Waals surface area contributed by atoms with Gasteiger partial charge in [0.15, 0.2) is 0 Å². The third-order valence-corrected chi connectivity index (χ3v) is 5.23. The Morgan fingerprint density at radius 2 is 1.84 bits per heavy atom. The molecular formula is C23H16BrF2NO4. The number of aromatic nitrogens is 1. The second-order valence-corrected chi connectivity index (χ2v) is 7.69. The van der Waals surface area contributed by atoms with Gasteiger partial charge in [0.1, 0.15) is 29.7 Å². The fourth-order valence-electron chi connectivity index (χ4n) is 3.31. The normalized spacial score (nSPS) is 10.9. The molecule has 158 valence electrons. The molecule has 1 aromatic heterocycles. The van der Waals surface area contributed by atoms with E-state index >= 15 is 0 Å². The number of hydrogen-bond acceptors (Lipinski definition) is 3. The van der Waals surface area contributed by atoms with E-state index in [1.807, 2.05) is 4.57 Å². The summed E-state index contributed by atoms with van der Waals surface area (Å²) in [6, 6.07) is 15.6. The minimum absolute atomic E-state index is 0.0131. The van der Waals surface area contributed by atoms with Gasteiger partial charge < -0.3 is 19.1 Å². The molecule has 0 bridgehead atoms. The molecule has 0 aliphatic carbocycles. The SMILES string of the molecule is O=C(O)Oc1cccc2c1ccn2Cc1cc(F)ccc1OCc1ccc(Br)cc1F. The van der Waals surface area contributed by atoms with Crippen LogP contribution in [0.5, 0.6) is 11.5 Å². The van der Waals surface area contributed by atoms with Gasteiger partial charge in [0, 0.05) is 27.2 Å². The Hall–Kier alpha value is -3.39. The standard InChI is InChI=1S/C23H16BrF2NO4/c24-16-5-4-14(19(26)11-16)13-30-21-7-6-17(25)10-15(21)12-27-9-8-18-20(27)2-1-3-22(18)31-23(28)29/h1-11H,12-13H2,(H,28,29). The fourth-order valence-corrected chi connectivity index (χ4v) is 3.64. The first-order valence-electron chi connectivity index (χ1n) is 9.24. The quantitative estimate of drug-likeness (QED) is 0.253. The Morgan fingerprint density at radius 1 is 1.00 bits per heavy atom. The number of rotatable bonds is 6. The fraction of sp³-hybridized carbons (Fsp3) is 0.0870. The van der Waals surface area contributed by atoms with Crippen LogP contribution in [-0.2, 0) is 13.2 Å². The van der Waals surface area contributed by atoms with E-state index in [-0.39, 0.29) is 18.9 Å². The molecule has 4 rings (SSSR count). The zero-order valence-corrected chi connectivity index (χ0v) is 17.6. The van der Waals surface area contributed by atoms with Crippen molar-refractivity contribution in [3.05, 3.63) is 94.1 Å². The third kappa shape index (κ3) is 4.69. The predicted octanol–water partition coefficient (Wildman–Crippen LogP) is 6.37. The number of ether oxygens (including phenoxy) is 2. The molecule has 0 unspecified atom stereocenters. The Morgan fingerprint density at radius 3 is 2.61 bits per heavy atom. The number of carbonyl (C=O) groups is 1. The number of carboxylic acid groups (broad SMARTS) is 1. The van der Waals surface area contributed by atoms with Crippen molar-refractivity contribution >= 4 is 33.0 Å². The summed E-state index contributed by atoms with van der Waals surface area (Å²) < 4.78 is 41.1. The van der Waals surface area contributed by atoms with E-state index in [2.05, 4.69) is 15.9 Å². The van der Waals surface area contributed by atoms with Crippen LogP contribution in [0.25, 0.3) is 10.9 Å². The molecule has 0 amide bonds. The van der Waals surface area contributed by atoms with E-state index in [9.17, 15) is 13.6 Å². The van der Waals surface area contributed by atoms with Crippen molar-refractivity contribution in [3.63, 3.8) is 0 Å². The molecule has 0 aliphatic rings. The van der Waals surface area contributed by atoms with Gasteiger partial charge in [-0.3, -0.25) is 0 Å². The van der Waals surface area contributed by atoms with Gasteiger partial charge in [-0.15, -0.1) is 0 Å². The summed E-state index contributed by atoms with van der Waals surface area (Å²) in [4.78, 5) is 10.9. The smallest absolute Gasteiger partial charge is 0.488 e. The molecule has 5 nitrogen and oxygen atoms in total. The molecule has 0 saturated heterocycles. The van der Waals surface area contributed by atoms with Crippen LogP contribution in [0.15, 0.2) is 71.3 Å². The maximum Gasteiger partial charge on any atom is 0.511 e. The van der Waals surface area contributed by atoms with Crippen LogP contribution in [0, 0.1) is 11.6 Å². The molecule has 0 radical (unpaired) electrons. The van der Waals surface area contributed by atoms with Gasteiger partial charge in [-0.25, -0.2) is 13.6 Å². The average Bonchev–Trinajstić information content (AvgIpc) is 3.12. The summed E-state index contributed by atoms with van der Waals surface area (Å²) in [5.74, 6) is -0.197. The lowest BCUT2D eigenvalue weighted by molar-refractivity contribution is 0.145. The summed E-state index contributed by atoms with van der Waals surface area (Å²) in [5.41, 5.74) is 1.65. The van der Waals surface area contributed by atoms with Gasteiger partial charge in [-0.2, -0.15) is 0 Å². The van der Waals surface area contributed by atoms with Gasteiger partial charge in [-0.1, -0.05) is 28.1 Å². The second-order valence-electron chi connectivity index (χ2n) is 6.78. The third-order valence-electron chi connectivity index (χ3n) is 4.73. The van der Waals surface area contributed by atoms with Crippen LogP contribution in [0.3, 0.4) is 0 Å². The molecular weight excluding hydrogens is 472 g/mol. The van der Waals surface area contributed by atoms with Crippen molar-refractivity contribution in [1.29, 1.82) is 0 Å². The molecule has 3 aromatic carbocycles. The molecule has 8 heteroatoms. The monoisotopic (exact) mass is 487 g/mol. The topological polar surface area (TPSA) is 60.7 Å². The minimum Gasteiger partial charge on any atom is -0.488 e. The molecule has 0 spiro atoms. The number of hydrogen-bond donors (Lipinski definition) is 1. The highest BCUT2D eigenvalue weighted by molar-refractivity contribution is 9.10. The highest BCUT2D eigenvalue weighted by Crippen LogP contribution is 2.29. The van der Waals surface area contributed by atoms with Crippen LogP contribution in [-0.4, -0.2) is 15.8 Å². The highest BCUT2D eigenvalue weighted by Gasteiger charge is 2.13. The summed E-state index contributed by atoms with van der Waals surface area (Å²) in [7, 11) is 0. The Bertz CT molecular complexity index is 1270. The van der Waals surface area contributed by atoms with Gasteiger partial charge in [-0.05, 0) is 48.5 Å². The van der Waals surface area contributed by atoms with E-state index in [0.29, 0.717) is 32.3 Å². The second kappa shape index (κ2) is 8.77. The van der Waals surface area contributed by atoms with Crippen LogP contribution >= 0.6 is 15.9 Å². The van der Waals surface area contributed by atoms with Crippen molar-refractivity contribution in [3.8, 4) is 11.5 Å². The summed E-state index contributed by atoms with van der Waals surface area (Å²) in [6.07, 6.45) is 0.351. The lowest BCUT2D eigenvalue weighted by Crippen LogP contribution is -2.05. The maximum atomic E-state index is 14.1. The first-order valence-corrected chi connectivity index (χ1v) is 10.0. The summed E-state index contributed by atoms with van der Waals surface area (Å²) in [6.45, 7) is 0.247. The predicted molar refractivity (Wildman–Crippen MR) is 115 cm³/mol. The molecule has 1 heterocycles. The van der Waals surface area contributed by atoms with Crippen LogP contribution in [0.2, 0.25) is 0 Å². The molecule has 0 saturated carbocycles. The lowest BCUT2D eigenvalue weighted by atomic mass is 10.1. The van der Waals surface area contributed by atoms with Crippen LogP contribution < -0.4 is 9.47 Å². The maximum absolute atomic E-state index is 14.1. The summed E-state index contributed by atoms with van der Waals surface area (Å²) >= 11 is 3.22. The van der Waals surface area contributed by atoms with Gasteiger partial charge in [0.2, 0.25) is 0 Å². The largest absolute Gasteiger partial charge is 0.511 e. The van der Waals surface area contributed by atoms with E-state index in [4.69, 9.17) is 14.6 Å². The zero-order valence-electron chi connectivity index (χ0n) is 16.0. The van der Waals surface area contributed by atoms with Crippen molar-refractivity contribution in [2.24, 2.45) is 0 Å². The van der Waals surface area contributed by atoms with Crippen LogP contribution in [0.4, 0.5) is 13.6 Å². The van der Waals surface area contributed by atoms with E-state index in [1.54, 1.807) is 42.6 Å². The van der Waals surface area contributed by atoms with Gasteiger partial charge >= 0.3 is 6.16 Å². The van der Waals surface area contributed by atoms with Crippen molar-refractivity contribution < 1.29 is 28.2 Å². The molecule has 1 N–H and O–H groups in total. The Kier molecular flexibility index (Phi) is 5.90. The first kappa shape index (κ1) is 20.9. The van der Waals surface area contributed by atoms with E-state index < -0.39 is 17.8 Å². The number of halogens is 3. The van der Waals surface area contributed by atoms with Gasteiger partial charge in [0.25, 0.3) is 0 Å². The average molecular weight is 488 g/mol. The highest BCUT2D eigenvalue weighted by atomic mass is 79.9. The van der Waals surface area contributed by atoms with Crippen molar-refractivity contribution in [2.45, 2.75) is 13.2 Å². The van der Waals surface area contributed by atoms with Crippen molar-refractivity contribution in [2.75, 3.05) is 0 Å². The number of nitrogens with zero attached hydrogens (tertiary/aromatic N) is 1.